The van der Waals surface area contributed by atoms with E-state index in [0.29, 0.717) is 18.1 Å². The number of likely N-dealkylation sites (tertiary alicyclic amines) is 1. The van der Waals surface area contributed by atoms with Crippen LogP contribution in [0.2, 0.25) is 0 Å². The Labute approximate surface area is 113 Å². The minimum atomic E-state index is 0.167. The maximum absolute atomic E-state index is 11.7. The number of hydrogen-bond donors (Lipinski definition) is 1. The maximum Gasteiger partial charge on any atom is 0.223 e. The highest BCUT2D eigenvalue weighted by atomic mass is 32.1. The molecule has 1 aromatic heterocycles. The number of pyridine rings is 1. The second kappa shape index (κ2) is 6.64. The lowest BCUT2D eigenvalue weighted by Crippen LogP contribution is -2.41. The fraction of sp³-hybridized carbons (Fsp3) is 0.538. The highest BCUT2D eigenvalue weighted by Gasteiger charge is 2.23. The highest BCUT2D eigenvalue weighted by molar-refractivity contribution is 7.80. The average Bonchev–Trinajstić information content (AvgIpc) is 2.41. The molecule has 1 fully saturated rings. The molecule has 0 aromatic carbocycles. The molecule has 1 amide bonds. The molecule has 0 radical (unpaired) electrons. The third kappa shape index (κ3) is 3.63. The van der Waals surface area contributed by atoms with Gasteiger partial charge < -0.3 is 9.64 Å². The number of hydrogen-bond acceptors (Lipinski definition) is 4. The number of nitrogens with zero attached hydrogens (tertiary/aromatic N) is 2. The van der Waals surface area contributed by atoms with Crippen molar-refractivity contribution in [2.24, 2.45) is 0 Å². The van der Waals surface area contributed by atoms with E-state index in [-0.39, 0.29) is 12.0 Å². The monoisotopic (exact) mass is 266 g/mol. The molecule has 0 aliphatic carbocycles. The second-order valence-corrected chi connectivity index (χ2v) is 4.79. The molecule has 0 spiro atoms. The largest absolute Gasteiger partial charge is 0.474 e. The van der Waals surface area contributed by atoms with Crippen LogP contribution >= 0.6 is 12.6 Å². The molecular weight excluding hydrogens is 248 g/mol. The molecule has 1 saturated heterocycles. The van der Waals surface area contributed by atoms with Gasteiger partial charge in [0.1, 0.15) is 6.10 Å². The van der Waals surface area contributed by atoms with Crippen molar-refractivity contribution in [2.45, 2.75) is 25.4 Å². The lowest BCUT2D eigenvalue weighted by Gasteiger charge is -2.31. The number of amides is 1. The van der Waals surface area contributed by atoms with Gasteiger partial charge in [-0.05, 0) is 11.8 Å². The predicted molar refractivity (Wildman–Crippen MR) is 72.9 cm³/mol. The van der Waals surface area contributed by atoms with E-state index < -0.39 is 0 Å². The first kappa shape index (κ1) is 13.2. The van der Waals surface area contributed by atoms with Crippen molar-refractivity contribution in [2.75, 3.05) is 18.8 Å². The summed E-state index contributed by atoms with van der Waals surface area (Å²) in [7, 11) is 0. The molecule has 0 bridgehead atoms. The number of aromatic nitrogens is 1. The fourth-order valence-electron chi connectivity index (χ4n) is 2.06. The Morgan fingerprint density at radius 2 is 2.22 bits per heavy atom. The summed E-state index contributed by atoms with van der Waals surface area (Å²) in [6.07, 6.45) is 4.15. The van der Waals surface area contributed by atoms with Crippen LogP contribution in [-0.2, 0) is 4.79 Å². The summed E-state index contributed by atoms with van der Waals surface area (Å²) in [4.78, 5) is 17.7. The van der Waals surface area contributed by atoms with Gasteiger partial charge in [-0.1, -0.05) is 6.07 Å². The first-order chi connectivity index (χ1) is 8.79. The number of thiol groups is 1. The van der Waals surface area contributed by atoms with E-state index in [9.17, 15) is 4.79 Å². The quantitative estimate of drug-likeness (QED) is 0.845. The second-order valence-electron chi connectivity index (χ2n) is 4.34. The van der Waals surface area contributed by atoms with E-state index in [0.717, 1.165) is 25.9 Å². The molecule has 1 aliphatic heterocycles. The van der Waals surface area contributed by atoms with Crippen LogP contribution in [0.25, 0.3) is 0 Å². The van der Waals surface area contributed by atoms with Crippen molar-refractivity contribution in [1.82, 2.24) is 9.88 Å². The van der Waals surface area contributed by atoms with Gasteiger partial charge in [-0.15, -0.1) is 0 Å². The lowest BCUT2D eigenvalue weighted by molar-refractivity contribution is -0.132. The molecule has 18 heavy (non-hydrogen) atoms. The van der Waals surface area contributed by atoms with Gasteiger partial charge in [-0.2, -0.15) is 12.6 Å². The first-order valence-electron chi connectivity index (χ1n) is 6.26. The van der Waals surface area contributed by atoms with E-state index in [1.54, 1.807) is 6.20 Å². The Balaban J connectivity index is 1.78. The number of carbonyl (C=O) groups is 1. The summed E-state index contributed by atoms with van der Waals surface area (Å²) < 4.78 is 5.78. The summed E-state index contributed by atoms with van der Waals surface area (Å²) >= 11 is 4.08. The average molecular weight is 266 g/mol. The van der Waals surface area contributed by atoms with Gasteiger partial charge in [0.15, 0.2) is 0 Å². The topological polar surface area (TPSA) is 42.4 Å². The van der Waals surface area contributed by atoms with Crippen LogP contribution in [0.1, 0.15) is 19.3 Å². The predicted octanol–water partition coefficient (Wildman–Crippen LogP) is 1.77. The van der Waals surface area contributed by atoms with Crippen molar-refractivity contribution >= 4 is 18.5 Å². The zero-order chi connectivity index (χ0) is 12.8. The summed E-state index contributed by atoms with van der Waals surface area (Å²) in [6.45, 7) is 1.54. The van der Waals surface area contributed by atoms with E-state index in [4.69, 9.17) is 4.74 Å². The van der Waals surface area contributed by atoms with Gasteiger partial charge >= 0.3 is 0 Å². The molecule has 98 valence electrons. The zero-order valence-electron chi connectivity index (χ0n) is 10.3. The molecule has 0 unspecified atom stereocenters. The summed E-state index contributed by atoms with van der Waals surface area (Å²) in [6, 6.07) is 5.64. The van der Waals surface area contributed by atoms with Gasteiger partial charge in [-0.3, -0.25) is 4.79 Å². The Kier molecular flexibility index (Phi) is 4.87. The Morgan fingerprint density at radius 1 is 1.44 bits per heavy atom. The number of ether oxygens (including phenoxy) is 1. The van der Waals surface area contributed by atoms with Crippen LogP contribution in [0.5, 0.6) is 5.88 Å². The molecule has 2 heterocycles. The SMILES string of the molecule is O=C(CCS)N1CCC(Oc2ccccn2)CC1. The van der Waals surface area contributed by atoms with Crippen LogP contribution in [0, 0.1) is 0 Å². The molecule has 0 N–H and O–H groups in total. The lowest BCUT2D eigenvalue weighted by atomic mass is 10.1. The number of rotatable bonds is 4. The Morgan fingerprint density at radius 3 is 2.83 bits per heavy atom. The van der Waals surface area contributed by atoms with Crippen LogP contribution in [0.3, 0.4) is 0 Å². The molecule has 0 atom stereocenters. The fourth-order valence-corrected chi connectivity index (χ4v) is 2.26. The minimum Gasteiger partial charge on any atom is -0.474 e. The van der Waals surface area contributed by atoms with Crippen molar-refractivity contribution in [3.63, 3.8) is 0 Å². The molecule has 4 nitrogen and oxygen atoms in total. The summed E-state index contributed by atoms with van der Waals surface area (Å²) in [5, 5.41) is 0. The maximum atomic E-state index is 11.7. The molecule has 2 rings (SSSR count). The molecule has 5 heteroatoms. The van der Waals surface area contributed by atoms with Crippen molar-refractivity contribution in [3.8, 4) is 5.88 Å². The smallest absolute Gasteiger partial charge is 0.223 e. The summed E-state index contributed by atoms with van der Waals surface area (Å²) in [5.74, 6) is 1.47. The van der Waals surface area contributed by atoms with Gasteiger partial charge in [-0.25, -0.2) is 4.98 Å². The third-order valence-electron chi connectivity index (χ3n) is 3.05. The van der Waals surface area contributed by atoms with Crippen LogP contribution < -0.4 is 4.74 Å². The highest BCUT2D eigenvalue weighted by Crippen LogP contribution is 2.17. The molecule has 1 aromatic rings. The first-order valence-corrected chi connectivity index (χ1v) is 6.89. The Bertz CT molecular complexity index is 378. The number of carbonyl (C=O) groups excluding carboxylic acids is 1. The van der Waals surface area contributed by atoms with Crippen LogP contribution in [0.4, 0.5) is 0 Å². The van der Waals surface area contributed by atoms with E-state index in [2.05, 4.69) is 17.6 Å². The standard InChI is InChI=1S/C13H18N2O2S/c16-13(6-10-18)15-8-4-11(5-9-15)17-12-3-1-2-7-14-12/h1-3,7,11,18H,4-6,8-10H2. The van der Waals surface area contributed by atoms with E-state index >= 15 is 0 Å². The van der Waals surface area contributed by atoms with E-state index in [1.807, 2.05) is 23.1 Å². The molecular formula is C13H18N2O2S. The van der Waals surface area contributed by atoms with Crippen LogP contribution in [0.15, 0.2) is 24.4 Å². The Hall–Kier alpha value is -1.23. The van der Waals surface area contributed by atoms with E-state index in [1.165, 1.54) is 0 Å². The minimum absolute atomic E-state index is 0.167. The number of piperidine rings is 1. The van der Waals surface area contributed by atoms with Crippen molar-refractivity contribution in [3.05, 3.63) is 24.4 Å². The summed E-state index contributed by atoms with van der Waals surface area (Å²) in [5.41, 5.74) is 0. The van der Waals surface area contributed by atoms with Crippen LogP contribution in [-0.4, -0.2) is 40.7 Å². The normalized spacial score (nSPS) is 16.6. The zero-order valence-corrected chi connectivity index (χ0v) is 11.2. The molecule has 0 saturated carbocycles. The third-order valence-corrected chi connectivity index (χ3v) is 3.27. The van der Waals surface area contributed by atoms with Gasteiger partial charge in [0.25, 0.3) is 0 Å². The van der Waals surface area contributed by atoms with Gasteiger partial charge in [0.2, 0.25) is 11.8 Å². The van der Waals surface area contributed by atoms with Crippen molar-refractivity contribution in [1.29, 1.82) is 0 Å². The van der Waals surface area contributed by atoms with Gasteiger partial charge in [0.05, 0.1) is 0 Å². The van der Waals surface area contributed by atoms with Crippen molar-refractivity contribution < 1.29 is 9.53 Å². The molecule has 1 aliphatic rings. The van der Waals surface area contributed by atoms with Gasteiger partial charge in [0, 0.05) is 44.6 Å².